The Morgan fingerprint density at radius 2 is 2.11 bits per heavy atom. The summed E-state index contributed by atoms with van der Waals surface area (Å²) in [5.74, 6) is 0.234. The minimum absolute atomic E-state index is 0.0368. The van der Waals surface area contributed by atoms with Crippen molar-refractivity contribution in [2.45, 2.75) is 33.2 Å². The summed E-state index contributed by atoms with van der Waals surface area (Å²) < 4.78 is 18.9. The molecule has 0 aromatic heterocycles. The molecule has 104 valence electrons. The van der Waals surface area contributed by atoms with Crippen LogP contribution in [0.4, 0.5) is 4.39 Å². The molecule has 1 unspecified atom stereocenters. The van der Waals surface area contributed by atoms with Crippen molar-refractivity contribution in [1.29, 1.82) is 5.26 Å². The smallest absolute Gasteiger partial charge is 0.144 e. The third-order valence-corrected chi connectivity index (χ3v) is 2.58. The molecule has 0 fully saturated rings. The van der Waals surface area contributed by atoms with Crippen molar-refractivity contribution in [3.8, 4) is 11.8 Å². The van der Waals surface area contributed by atoms with Gasteiger partial charge in [-0.3, -0.25) is 0 Å². The molecule has 0 saturated heterocycles. The third-order valence-electron chi connectivity index (χ3n) is 2.58. The summed E-state index contributed by atoms with van der Waals surface area (Å²) in [5.41, 5.74) is 0.115. The monoisotopic (exact) mass is 264 g/mol. The number of hydrogen-bond acceptors (Lipinski definition) is 3. The average Bonchev–Trinajstić information content (AvgIpc) is 2.33. The van der Waals surface area contributed by atoms with E-state index >= 15 is 0 Å². The van der Waals surface area contributed by atoms with Gasteiger partial charge in [0, 0.05) is 24.1 Å². The van der Waals surface area contributed by atoms with Crippen LogP contribution in [0.15, 0.2) is 18.2 Å². The van der Waals surface area contributed by atoms with Crippen molar-refractivity contribution in [2.75, 3.05) is 13.2 Å². The van der Waals surface area contributed by atoms with E-state index in [1.54, 1.807) is 12.1 Å². The Bertz CT molecular complexity index is 460. The lowest BCUT2D eigenvalue weighted by molar-refractivity contribution is 0.243. The zero-order valence-electron chi connectivity index (χ0n) is 12.0. The zero-order valence-corrected chi connectivity index (χ0v) is 12.0. The van der Waals surface area contributed by atoms with Crippen LogP contribution >= 0.6 is 0 Å². The van der Waals surface area contributed by atoms with Gasteiger partial charge in [0.2, 0.25) is 0 Å². The number of benzene rings is 1. The molecule has 0 aliphatic heterocycles. The lowest BCUT2D eigenvalue weighted by Gasteiger charge is -2.23. The second-order valence-corrected chi connectivity index (χ2v) is 5.80. The van der Waals surface area contributed by atoms with Gasteiger partial charge in [0.05, 0.1) is 12.2 Å². The maximum atomic E-state index is 13.4. The first-order valence-electron chi connectivity index (χ1n) is 6.39. The topological polar surface area (TPSA) is 45.0 Å². The van der Waals surface area contributed by atoms with E-state index in [2.05, 4.69) is 33.0 Å². The fraction of sp³-hybridized carbons (Fsp3) is 0.533. The van der Waals surface area contributed by atoms with Crippen molar-refractivity contribution in [2.24, 2.45) is 5.92 Å². The lowest BCUT2D eigenvalue weighted by Crippen LogP contribution is -2.39. The van der Waals surface area contributed by atoms with Crippen LogP contribution in [-0.2, 0) is 0 Å². The van der Waals surface area contributed by atoms with E-state index in [0.717, 1.165) is 6.54 Å². The predicted octanol–water partition coefficient (Wildman–Crippen LogP) is 3.10. The first kappa shape index (κ1) is 15.5. The fourth-order valence-corrected chi connectivity index (χ4v) is 1.45. The zero-order chi connectivity index (χ0) is 14.5. The molecule has 0 radical (unpaired) electrons. The normalized spacial score (nSPS) is 12.8. The van der Waals surface area contributed by atoms with E-state index in [1.807, 2.05) is 0 Å². The van der Waals surface area contributed by atoms with E-state index in [0.29, 0.717) is 18.3 Å². The van der Waals surface area contributed by atoms with E-state index in [-0.39, 0.29) is 11.1 Å². The van der Waals surface area contributed by atoms with Gasteiger partial charge in [-0.1, -0.05) is 6.92 Å². The molecule has 0 bridgehead atoms. The molecule has 1 aromatic rings. The van der Waals surface area contributed by atoms with Gasteiger partial charge in [-0.25, -0.2) is 4.39 Å². The Morgan fingerprint density at radius 1 is 1.42 bits per heavy atom. The number of nitrogens with zero attached hydrogens (tertiary/aromatic N) is 1. The Labute approximate surface area is 114 Å². The minimum atomic E-state index is -0.541. The molecule has 1 rings (SSSR count). The Balaban J connectivity index is 2.44. The van der Waals surface area contributed by atoms with Crippen LogP contribution < -0.4 is 10.1 Å². The van der Waals surface area contributed by atoms with Crippen molar-refractivity contribution >= 4 is 0 Å². The molecule has 19 heavy (non-hydrogen) atoms. The molecule has 4 heteroatoms. The number of ether oxygens (including phenoxy) is 1. The van der Waals surface area contributed by atoms with Crippen LogP contribution in [0.3, 0.4) is 0 Å². The summed E-state index contributed by atoms with van der Waals surface area (Å²) in [5, 5.41) is 12.0. The summed E-state index contributed by atoms with van der Waals surface area (Å²) in [6.45, 7) is 9.74. The largest absolute Gasteiger partial charge is 0.493 e. The summed E-state index contributed by atoms with van der Waals surface area (Å²) >= 11 is 0. The van der Waals surface area contributed by atoms with E-state index < -0.39 is 5.82 Å². The second-order valence-electron chi connectivity index (χ2n) is 5.80. The molecular formula is C15H21FN2O. The quantitative estimate of drug-likeness (QED) is 0.888. The highest BCUT2D eigenvalue weighted by Gasteiger charge is 2.12. The molecule has 0 aliphatic carbocycles. The summed E-state index contributed by atoms with van der Waals surface area (Å²) in [6, 6.07) is 6.09. The highest BCUT2D eigenvalue weighted by atomic mass is 19.1. The van der Waals surface area contributed by atoms with Gasteiger partial charge in [-0.05, 0) is 32.9 Å². The van der Waals surface area contributed by atoms with Gasteiger partial charge in [-0.15, -0.1) is 0 Å². The van der Waals surface area contributed by atoms with Gasteiger partial charge in [-0.2, -0.15) is 5.26 Å². The van der Waals surface area contributed by atoms with Crippen molar-refractivity contribution in [3.63, 3.8) is 0 Å². The van der Waals surface area contributed by atoms with Gasteiger partial charge >= 0.3 is 0 Å². The fourth-order valence-electron chi connectivity index (χ4n) is 1.45. The molecule has 3 nitrogen and oxygen atoms in total. The van der Waals surface area contributed by atoms with Gasteiger partial charge in [0.1, 0.15) is 17.6 Å². The SMILES string of the molecule is CC(CNC(C)(C)C)COc1ccc(C#N)c(F)c1. The van der Waals surface area contributed by atoms with Gasteiger partial charge in [0.25, 0.3) is 0 Å². The molecule has 1 aromatic carbocycles. The van der Waals surface area contributed by atoms with Crippen LogP contribution in [0.5, 0.6) is 5.75 Å². The second kappa shape index (κ2) is 6.53. The lowest BCUT2D eigenvalue weighted by atomic mass is 10.1. The number of nitrogens with one attached hydrogen (secondary N) is 1. The van der Waals surface area contributed by atoms with Crippen LogP contribution in [0, 0.1) is 23.1 Å². The van der Waals surface area contributed by atoms with Crippen molar-refractivity contribution in [3.05, 3.63) is 29.6 Å². The Kier molecular flexibility index (Phi) is 5.31. The van der Waals surface area contributed by atoms with E-state index in [9.17, 15) is 4.39 Å². The molecule has 0 spiro atoms. The Hall–Kier alpha value is -1.60. The summed E-state index contributed by atoms with van der Waals surface area (Å²) in [4.78, 5) is 0. The van der Waals surface area contributed by atoms with E-state index in [1.165, 1.54) is 12.1 Å². The molecule has 1 atom stereocenters. The summed E-state index contributed by atoms with van der Waals surface area (Å²) in [7, 11) is 0. The minimum Gasteiger partial charge on any atom is -0.493 e. The summed E-state index contributed by atoms with van der Waals surface area (Å²) in [6.07, 6.45) is 0. The number of hydrogen-bond donors (Lipinski definition) is 1. The van der Waals surface area contributed by atoms with Crippen LogP contribution in [0.2, 0.25) is 0 Å². The van der Waals surface area contributed by atoms with Gasteiger partial charge in [0.15, 0.2) is 0 Å². The number of nitriles is 1. The van der Waals surface area contributed by atoms with Gasteiger partial charge < -0.3 is 10.1 Å². The predicted molar refractivity (Wildman–Crippen MR) is 73.5 cm³/mol. The average molecular weight is 264 g/mol. The van der Waals surface area contributed by atoms with Crippen LogP contribution in [-0.4, -0.2) is 18.7 Å². The van der Waals surface area contributed by atoms with Crippen LogP contribution in [0.1, 0.15) is 33.3 Å². The highest BCUT2D eigenvalue weighted by molar-refractivity contribution is 5.36. The first-order valence-corrected chi connectivity index (χ1v) is 6.39. The molecule has 0 aliphatic rings. The maximum Gasteiger partial charge on any atom is 0.144 e. The number of rotatable bonds is 5. The highest BCUT2D eigenvalue weighted by Crippen LogP contribution is 2.16. The standard InChI is InChI=1S/C15H21FN2O/c1-11(9-18-15(2,3)4)10-19-13-6-5-12(8-17)14(16)7-13/h5-7,11,18H,9-10H2,1-4H3. The molecule has 0 saturated carbocycles. The third kappa shape index (κ3) is 5.71. The first-order chi connectivity index (χ1) is 8.81. The molecule has 0 amide bonds. The maximum absolute atomic E-state index is 13.4. The van der Waals surface area contributed by atoms with Crippen LogP contribution in [0.25, 0.3) is 0 Å². The van der Waals surface area contributed by atoms with Crippen molar-refractivity contribution < 1.29 is 9.13 Å². The Morgan fingerprint density at radius 3 is 2.63 bits per heavy atom. The van der Waals surface area contributed by atoms with Crippen molar-refractivity contribution in [1.82, 2.24) is 5.32 Å². The van der Waals surface area contributed by atoms with E-state index in [4.69, 9.17) is 10.00 Å². The molecule has 0 heterocycles. The molecular weight excluding hydrogens is 243 g/mol. The number of halogens is 1. The molecule has 1 N–H and O–H groups in total.